The van der Waals surface area contributed by atoms with E-state index in [1.807, 2.05) is 6.07 Å². The van der Waals surface area contributed by atoms with E-state index in [4.69, 9.17) is 0 Å². The highest BCUT2D eigenvalue weighted by molar-refractivity contribution is 5.98. The lowest BCUT2D eigenvalue weighted by Crippen LogP contribution is -2.48. The minimum absolute atomic E-state index is 0.0100. The summed E-state index contributed by atoms with van der Waals surface area (Å²) < 4.78 is 0. The molecule has 0 unspecified atom stereocenters. The molecule has 1 fully saturated rings. The van der Waals surface area contributed by atoms with Crippen LogP contribution in [0.15, 0.2) is 18.3 Å². The molecule has 2 aliphatic rings. The molecule has 1 amide bonds. The Hall–Kier alpha value is -2.01. The third kappa shape index (κ3) is 2.74. The van der Waals surface area contributed by atoms with E-state index in [-0.39, 0.29) is 17.1 Å². The van der Waals surface area contributed by atoms with Crippen molar-refractivity contribution < 1.29 is 9.59 Å². The van der Waals surface area contributed by atoms with Gasteiger partial charge in [-0.05, 0) is 68.6 Å². The van der Waals surface area contributed by atoms with Crippen LogP contribution in [-0.2, 0) is 16.0 Å². The lowest BCUT2D eigenvalue weighted by molar-refractivity contribution is -0.127. The van der Waals surface area contributed by atoms with Crippen LogP contribution in [-0.4, -0.2) is 29.8 Å². The Kier molecular flexibility index (Phi) is 3.59. The Bertz CT molecular complexity index is 616. The molecular weight excluding hydrogens is 266 g/mol. The van der Waals surface area contributed by atoms with Gasteiger partial charge in [-0.2, -0.15) is 0 Å². The number of aromatic nitrogens is 1. The van der Waals surface area contributed by atoms with E-state index in [0.717, 1.165) is 43.5 Å². The highest BCUT2D eigenvalue weighted by Crippen LogP contribution is 2.39. The second-order valence-corrected chi connectivity index (χ2v) is 5.88. The zero-order valence-electron chi connectivity index (χ0n) is 12.1. The molecule has 3 rings (SSSR count). The smallest absolute Gasteiger partial charge is 0.232 e. The summed E-state index contributed by atoms with van der Waals surface area (Å²) in [5.74, 6) is 0.760. The molecule has 110 valence electrons. The summed E-state index contributed by atoms with van der Waals surface area (Å²) in [5.41, 5.74) is 1.65. The number of carbonyl (C=O) groups excluding carboxylic acids is 2. The van der Waals surface area contributed by atoms with Crippen LogP contribution in [0.1, 0.15) is 30.9 Å². The predicted molar refractivity (Wildman–Crippen MR) is 80.8 cm³/mol. The zero-order valence-corrected chi connectivity index (χ0v) is 12.1. The van der Waals surface area contributed by atoms with Gasteiger partial charge >= 0.3 is 0 Å². The van der Waals surface area contributed by atoms with Crippen molar-refractivity contribution in [2.24, 2.45) is 5.41 Å². The Labute approximate surface area is 123 Å². The number of pyridine rings is 1. The Morgan fingerprint density at radius 1 is 1.38 bits per heavy atom. The molecular formula is C16H19N3O2. The number of hydrogen-bond acceptors (Lipinski definition) is 4. The second kappa shape index (κ2) is 5.41. The van der Waals surface area contributed by atoms with Crippen molar-refractivity contribution in [2.75, 3.05) is 18.4 Å². The van der Waals surface area contributed by atoms with Gasteiger partial charge in [-0.25, -0.2) is 4.98 Å². The Morgan fingerprint density at radius 3 is 2.86 bits per heavy atom. The highest BCUT2D eigenvalue weighted by atomic mass is 16.2. The molecule has 0 aliphatic carbocycles. The predicted octanol–water partition coefficient (Wildman–Crippen LogP) is 1.55. The van der Waals surface area contributed by atoms with Gasteiger partial charge < -0.3 is 10.6 Å². The van der Waals surface area contributed by atoms with Crippen LogP contribution < -0.4 is 10.6 Å². The molecule has 1 aromatic rings. The lowest BCUT2D eigenvalue weighted by atomic mass is 9.71. The normalized spacial score (nSPS) is 20.3. The number of hydrogen-bond donors (Lipinski definition) is 2. The molecule has 2 N–H and O–H groups in total. The standard InChI is InChI=1S/C16H19N3O2/c1-11(20)2-3-12-8-13-9-16(4-6-17-7-5-16)15(21)19-14(13)18-10-12/h2-3,8,10,17H,4-7,9H2,1H3,(H,18,19,21)/b3-2+. The van der Waals surface area contributed by atoms with Crippen molar-refractivity contribution in [1.82, 2.24) is 10.3 Å². The van der Waals surface area contributed by atoms with Crippen molar-refractivity contribution in [3.63, 3.8) is 0 Å². The molecule has 1 saturated heterocycles. The van der Waals surface area contributed by atoms with E-state index in [1.165, 1.54) is 13.0 Å². The van der Waals surface area contributed by atoms with Gasteiger partial charge in [0.15, 0.2) is 5.78 Å². The molecule has 5 nitrogen and oxygen atoms in total. The molecule has 0 radical (unpaired) electrons. The fourth-order valence-corrected chi connectivity index (χ4v) is 3.07. The van der Waals surface area contributed by atoms with Crippen LogP contribution in [0.4, 0.5) is 5.82 Å². The largest absolute Gasteiger partial charge is 0.317 e. The van der Waals surface area contributed by atoms with E-state index in [1.54, 1.807) is 12.3 Å². The number of rotatable bonds is 2. The highest BCUT2D eigenvalue weighted by Gasteiger charge is 2.43. The van der Waals surface area contributed by atoms with Gasteiger partial charge in [-0.15, -0.1) is 0 Å². The first-order chi connectivity index (χ1) is 10.1. The quantitative estimate of drug-likeness (QED) is 0.809. The maximum atomic E-state index is 12.4. The Morgan fingerprint density at radius 2 is 2.14 bits per heavy atom. The number of nitrogens with one attached hydrogen (secondary N) is 2. The molecule has 0 bridgehead atoms. The topological polar surface area (TPSA) is 71.1 Å². The van der Waals surface area contributed by atoms with Crippen LogP contribution in [0.25, 0.3) is 6.08 Å². The average molecular weight is 285 g/mol. The lowest BCUT2D eigenvalue weighted by Gasteiger charge is -2.39. The van der Waals surface area contributed by atoms with E-state index < -0.39 is 0 Å². The van der Waals surface area contributed by atoms with Crippen LogP contribution in [0.5, 0.6) is 0 Å². The molecule has 1 aromatic heterocycles. The molecule has 21 heavy (non-hydrogen) atoms. The van der Waals surface area contributed by atoms with Crippen molar-refractivity contribution >= 4 is 23.6 Å². The number of allylic oxidation sites excluding steroid dienone is 1. The van der Waals surface area contributed by atoms with Crippen molar-refractivity contribution in [2.45, 2.75) is 26.2 Å². The van der Waals surface area contributed by atoms with Crippen molar-refractivity contribution in [3.05, 3.63) is 29.5 Å². The van der Waals surface area contributed by atoms with Gasteiger partial charge in [0, 0.05) is 6.20 Å². The van der Waals surface area contributed by atoms with E-state index in [9.17, 15) is 9.59 Å². The first-order valence-corrected chi connectivity index (χ1v) is 7.29. The molecule has 0 atom stereocenters. The van der Waals surface area contributed by atoms with Crippen LogP contribution in [0.2, 0.25) is 0 Å². The fourth-order valence-electron chi connectivity index (χ4n) is 3.07. The van der Waals surface area contributed by atoms with Crippen LogP contribution in [0.3, 0.4) is 0 Å². The van der Waals surface area contributed by atoms with Gasteiger partial charge in [0.25, 0.3) is 0 Å². The number of piperidine rings is 1. The summed E-state index contributed by atoms with van der Waals surface area (Å²) in [6, 6.07) is 2.02. The molecule has 2 aliphatic heterocycles. The molecule has 0 saturated carbocycles. The molecule has 3 heterocycles. The van der Waals surface area contributed by atoms with E-state index in [0.29, 0.717) is 5.82 Å². The maximum Gasteiger partial charge on any atom is 0.232 e. The summed E-state index contributed by atoms with van der Waals surface area (Å²) in [4.78, 5) is 27.7. The SMILES string of the molecule is CC(=O)/C=C/c1cnc2c(c1)CC1(CCNCC1)C(=O)N2. The molecule has 0 aromatic carbocycles. The monoisotopic (exact) mass is 285 g/mol. The summed E-state index contributed by atoms with van der Waals surface area (Å²) in [7, 11) is 0. The zero-order chi connectivity index (χ0) is 14.9. The fraction of sp³-hybridized carbons (Fsp3) is 0.438. The second-order valence-electron chi connectivity index (χ2n) is 5.88. The summed E-state index contributed by atoms with van der Waals surface area (Å²) in [6.45, 7) is 3.27. The average Bonchev–Trinajstić information content (AvgIpc) is 2.47. The Balaban J connectivity index is 1.90. The van der Waals surface area contributed by atoms with Gasteiger partial charge in [0.1, 0.15) is 5.82 Å². The maximum absolute atomic E-state index is 12.4. The first kappa shape index (κ1) is 13.9. The molecule has 5 heteroatoms. The van der Waals surface area contributed by atoms with E-state index >= 15 is 0 Å². The number of nitrogens with zero attached hydrogens (tertiary/aromatic N) is 1. The summed E-state index contributed by atoms with van der Waals surface area (Å²) >= 11 is 0. The van der Waals surface area contributed by atoms with Crippen molar-refractivity contribution in [3.8, 4) is 0 Å². The summed E-state index contributed by atoms with van der Waals surface area (Å²) in [6.07, 6.45) is 7.41. The van der Waals surface area contributed by atoms with Crippen LogP contribution in [0, 0.1) is 5.41 Å². The third-order valence-electron chi connectivity index (χ3n) is 4.30. The number of anilines is 1. The first-order valence-electron chi connectivity index (χ1n) is 7.29. The summed E-state index contributed by atoms with van der Waals surface area (Å²) in [5, 5.41) is 6.24. The number of amides is 1. The van der Waals surface area contributed by atoms with Gasteiger partial charge in [0.05, 0.1) is 5.41 Å². The minimum Gasteiger partial charge on any atom is -0.317 e. The number of ketones is 1. The van der Waals surface area contributed by atoms with Gasteiger partial charge in [-0.1, -0.05) is 0 Å². The van der Waals surface area contributed by atoms with Gasteiger partial charge in [-0.3, -0.25) is 9.59 Å². The van der Waals surface area contributed by atoms with E-state index in [2.05, 4.69) is 15.6 Å². The number of carbonyl (C=O) groups is 2. The van der Waals surface area contributed by atoms with Gasteiger partial charge in [0.2, 0.25) is 5.91 Å². The van der Waals surface area contributed by atoms with Crippen molar-refractivity contribution in [1.29, 1.82) is 0 Å². The third-order valence-corrected chi connectivity index (χ3v) is 4.30. The number of fused-ring (bicyclic) bond motifs is 1. The molecule has 1 spiro atoms. The minimum atomic E-state index is -0.303. The van der Waals surface area contributed by atoms with Crippen LogP contribution >= 0.6 is 0 Å².